The van der Waals surface area contributed by atoms with Crippen molar-refractivity contribution in [3.05, 3.63) is 12.1 Å². The van der Waals surface area contributed by atoms with Crippen LogP contribution in [0, 0.1) is 0 Å². The standard InChI is InChI=1S/C9H16BF3NO/c1-8(10(11,12)13)6-14-4-3-5-15-9(2)7-14/h9H,1,3-7H2,2H3/q-1. The summed E-state index contributed by atoms with van der Waals surface area (Å²) >= 11 is 0. The molecular formula is C9H16BF3NO-. The molecule has 6 heteroatoms. The summed E-state index contributed by atoms with van der Waals surface area (Å²) in [6.07, 6.45) is 0.781. The van der Waals surface area contributed by atoms with Crippen molar-refractivity contribution in [3.63, 3.8) is 0 Å². The molecule has 0 aliphatic carbocycles. The maximum Gasteiger partial charge on any atom is 0.506 e. The number of hydrogen-bond acceptors (Lipinski definition) is 2. The fourth-order valence-electron chi connectivity index (χ4n) is 1.61. The molecule has 0 spiro atoms. The minimum absolute atomic E-state index is 0.000957. The summed E-state index contributed by atoms with van der Waals surface area (Å²) in [4.78, 5) is 1.76. The van der Waals surface area contributed by atoms with E-state index in [1.54, 1.807) is 4.90 Å². The van der Waals surface area contributed by atoms with Crippen LogP contribution in [0.2, 0.25) is 0 Å². The van der Waals surface area contributed by atoms with Crippen LogP contribution in [0.1, 0.15) is 13.3 Å². The van der Waals surface area contributed by atoms with Gasteiger partial charge in [0.25, 0.3) is 0 Å². The Morgan fingerprint density at radius 2 is 2.20 bits per heavy atom. The van der Waals surface area contributed by atoms with Crippen molar-refractivity contribution in [2.75, 3.05) is 26.2 Å². The molecule has 1 unspecified atom stereocenters. The molecule has 1 saturated heterocycles. The van der Waals surface area contributed by atoms with Crippen molar-refractivity contribution < 1.29 is 17.7 Å². The van der Waals surface area contributed by atoms with Crippen LogP contribution >= 0.6 is 0 Å². The van der Waals surface area contributed by atoms with Gasteiger partial charge in [0, 0.05) is 19.7 Å². The van der Waals surface area contributed by atoms with Gasteiger partial charge in [-0.05, 0) is 19.9 Å². The zero-order valence-electron chi connectivity index (χ0n) is 8.89. The van der Waals surface area contributed by atoms with Crippen molar-refractivity contribution in [2.24, 2.45) is 0 Å². The zero-order valence-corrected chi connectivity index (χ0v) is 8.89. The lowest BCUT2D eigenvalue weighted by molar-refractivity contribution is 0.0690. The molecule has 1 aliphatic rings. The average molecular weight is 222 g/mol. The highest BCUT2D eigenvalue weighted by molar-refractivity contribution is 6.66. The average Bonchev–Trinajstić information content (AvgIpc) is 2.28. The lowest BCUT2D eigenvalue weighted by Gasteiger charge is -2.27. The van der Waals surface area contributed by atoms with Gasteiger partial charge in [0.15, 0.2) is 0 Å². The molecule has 2 nitrogen and oxygen atoms in total. The topological polar surface area (TPSA) is 12.5 Å². The largest absolute Gasteiger partial charge is 0.506 e. The van der Waals surface area contributed by atoms with Gasteiger partial charge in [-0.2, -0.15) is 0 Å². The second-order valence-corrected chi connectivity index (χ2v) is 4.00. The number of rotatable bonds is 3. The summed E-state index contributed by atoms with van der Waals surface area (Å²) in [6.45, 7) is 1.80. The van der Waals surface area contributed by atoms with Gasteiger partial charge in [-0.3, -0.25) is 4.90 Å². The molecule has 1 aliphatic heterocycles. The van der Waals surface area contributed by atoms with Crippen molar-refractivity contribution in [1.82, 2.24) is 4.90 Å². The van der Waals surface area contributed by atoms with E-state index in [1.165, 1.54) is 0 Å². The predicted octanol–water partition coefficient (Wildman–Crippen LogP) is 2.04. The molecule has 1 atom stereocenters. The van der Waals surface area contributed by atoms with E-state index in [2.05, 4.69) is 6.58 Å². The maximum atomic E-state index is 12.3. The van der Waals surface area contributed by atoms with E-state index in [9.17, 15) is 12.9 Å². The molecule has 0 bridgehead atoms. The molecule has 1 fully saturated rings. The molecule has 0 aromatic carbocycles. The summed E-state index contributed by atoms with van der Waals surface area (Å²) in [6, 6.07) is 0. The van der Waals surface area contributed by atoms with E-state index in [-0.39, 0.29) is 12.6 Å². The van der Waals surface area contributed by atoms with E-state index in [0.717, 1.165) is 6.42 Å². The van der Waals surface area contributed by atoms with Crippen molar-refractivity contribution in [1.29, 1.82) is 0 Å². The van der Waals surface area contributed by atoms with E-state index in [0.29, 0.717) is 19.7 Å². The van der Waals surface area contributed by atoms with Crippen LogP contribution in [-0.4, -0.2) is 44.2 Å². The molecular weight excluding hydrogens is 206 g/mol. The van der Waals surface area contributed by atoms with E-state index < -0.39 is 12.4 Å². The van der Waals surface area contributed by atoms with E-state index in [4.69, 9.17) is 4.74 Å². The van der Waals surface area contributed by atoms with Gasteiger partial charge in [-0.25, -0.2) is 0 Å². The normalized spacial score (nSPS) is 24.9. The van der Waals surface area contributed by atoms with Crippen LogP contribution in [0.4, 0.5) is 12.9 Å². The molecule has 0 aromatic heterocycles. The van der Waals surface area contributed by atoms with Gasteiger partial charge in [0.2, 0.25) is 0 Å². The summed E-state index contributed by atoms with van der Waals surface area (Å²) in [5.41, 5.74) is -0.621. The van der Waals surface area contributed by atoms with Crippen LogP contribution in [0.3, 0.4) is 0 Å². The molecule has 1 heterocycles. The minimum atomic E-state index is -4.90. The van der Waals surface area contributed by atoms with E-state index in [1.807, 2.05) is 6.92 Å². The first-order chi connectivity index (χ1) is 6.89. The monoisotopic (exact) mass is 222 g/mol. The van der Waals surface area contributed by atoms with Crippen LogP contribution < -0.4 is 0 Å². The Morgan fingerprint density at radius 1 is 1.53 bits per heavy atom. The Bertz CT molecular complexity index is 232. The maximum absolute atomic E-state index is 12.3. The van der Waals surface area contributed by atoms with Gasteiger partial charge in [-0.1, -0.05) is 0 Å². The van der Waals surface area contributed by atoms with Crippen LogP contribution in [-0.2, 0) is 4.74 Å². The molecule has 0 radical (unpaired) electrons. The second kappa shape index (κ2) is 5.03. The summed E-state index contributed by atoms with van der Waals surface area (Å²) < 4.78 is 42.3. The molecule has 1 rings (SSSR count). The first kappa shape index (κ1) is 12.6. The molecule has 88 valence electrons. The number of hydrogen-bond donors (Lipinski definition) is 0. The lowest BCUT2D eigenvalue weighted by atomic mass is 9.80. The fourth-order valence-corrected chi connectivity index (χ4v) is 1.61. The number of ether oxygens (including phenoxy) is 1. The summed E-state index contributed by atoms with van der Waals surface area (Å²) in [5, 5.41) is 0. The Hall–Kier alpha value is -0.485. The Labute approximate surface area is 88.1 Å². The highest BCUT2D eigenvalue weighted by Gasteiger charge is 2.28. The Morgan fingerprint density at radius 3 is 2.80 bits per heavy atom. The van der Waals surface area contributed by atoms with Gasteiger partial charge in [-0.15, -0.1) is 12.1 Å². The first-order valence-corrected chi connectivity index (χ1v) is 5.11. The number of nitrogens with zero attached hydrogens (tertiary/aromatic N) is 1. The SMILES string of the molecule is C=C(CN1CCCOC(C)C1)[B-](F)(F)F. The smallest absolute Gasteiger partial charge is 0.445 e. The fraction of sp³-hybridized carbons (Fsp3) is 0.778. The third-order valence-corrected chi connectivity index (χ3v) is 2.43. The van der Waals surface area contributed by atoms with E-state index >= 15 is 0 Å². The third-order valence-electron chi connectivity index (χ3n) is 2.43. The molecule has 0 saturated carbocycles. The molecule has 0 amide bonds. The molecule has 0 N–H and O–H groups in total. The first-order valence-electron chi connectivity index (χ1n) is 5.11. The zero-order chi connectivity index (χ0) is 11.5. The Kier molecular flexibility index (Phi) is 4.22. The van der Waals surface area contributed by atoms with Crippen molar-refractivity contribution in [3.8, 4) is 0 Å². The Balaban J connectivity index is 2.46. The number of halogens is 3. The van der Waals surface area contributed by atoms with Gasteiger partial charge in [0.05, 0.1) is 6.10 Å². The lowest BCUT2D eigenvalue weighted by Crippen LogP contribution is -2.36. The van der Waals surface area contributed by atoms with Crippen molar-refractivity contribution in [2.45, 2.75) is 19.4 Å². The van der Waals surface area contributed by atoms with Crippen molar-refractivity contribution >= 4 is 6.98 Å². The quantitative estimate of drug-likeness (QED) is 0.677. The van der Waals surface area contributed by atoms with Gasteiger partial charge in [0.1, 0.15) is 0 Å². The predicted molar refractivity (Wildman–Crippen MR) is 54.7 cm³/mol. The highest BCUT2D eigenvalue weighted by atomic mass is 19.4. The highest BCUT2D eigenvalue weighted by Crippen LogP contribution is 2.19. The molecule has 15 heavy (non-hydrogen) atoms. The minimum Gasteiger partial charge on any atom is -0.445 e. The third kappa shape index (κ3) is 4.26. The van der Waals surface area contributed by atoms with Crippen LogP contribution in [0.15, 0.2) is 12.1 Å². The van der Waals surface area contributed by atoms with Gasteiger partial charge < -0.3 is 17.7 Å². The summed E-state index contributed by atoms with van der Waals surface area (Å²) in [7, 11) is 0. The second-order valence-electron chi connectivity index (χ2n) is 4.00. The van der Waals surface area contributed by atoms with Crippen LogP contribution in [0.25, 0.3) is 0 Å². The van der Waals surface area contributed by atoms with Crippen LogP contribution in [0.5, 0.6) is 0 Å². The van der Waals surface area contributed by atoms with Gasteiger partial charge >= 0.3 is 6.98 Å². The summed E-state index contributed by atoms with van der Waals surface area (Å²) in [5.74, 6) is 0. The molecule has 0 aromatic rings.